The van der Waals surface area contributed by atoms with Crippen LogP contribution < -0.4 is 0 Å². The van der Waals surface area contributed by atoms with Gasteiger partial charge in [0.15, 0.2) is 11.8 Å². The Kier molecular flexibility index (Phi) is 4.04. The first-order valence-corrected chi connectivity index (χ1v) is 8.66. The topological polar surface area (TPSA) is 43.2 Å². The minimum absolute atomic E-state index is 0.0439. The zero-order valence-corrected chi connectivity index (χ0v) is 14.6. The number of aliphatic imine (C=N–C) groups is 2. The Morgan fingerprint density at radius 1 is 0.720 bits per heavy atom. The van der Waals surface area contributed by atoms with Crippen LogP contribution in [0, 0.1) is 5.41 Å². The van der Waals surface area contributed by atoms with Crippen LogP contribution in [0.25, 0.3) is 0 Å². The highest BCUT2D eigenvalue weighted by Crippen LogP contribution is 2.35. The maximum atomic E-state index is 5.93. The van der Waals surface area contributed by atoms with E-state index in [9.17, 15) is 0 Å². The summed E-state index contributed by atoms with van der Waals surface area (Å²) in [5, 5.41) is 0. The van der Waals surface area contributed by atoms with Gasteiger partial charge in [0.25, 0.3) is 0 Å². The van der Waals surface area contributed by atoms with Crippen LogP contribution in [-0.4, -0.2) is 25.0 Å². The van der Waals surface area contributed by atoms with Crippen LogP contribution in [0.2, 0.25) is 0 Å². The lowest BCUT2D eigenvalue weighted by molar-refractivity contribution is 0.265. The fourth-order valence-corrected chi connectivity index (χ4v) is 3.21. The van der Waals surface area contributed by atoms with E-state index in [0.717, 1.165) is 0 Å². The van der Waals surface area contributed by atoms with Gasteiger partial charge in [-0.1, -0.05) is 60.7 Å². The second-order valence-corrected chi connectivity index (χ2v) is 6.97. The zero-order valence-electron chi connectivity index (χ0n) is 14.6. The van der Waals surface area contributed by atoms with Gasteiger partial charge < -0.3 is 9.47 Å². The SMILES string of the molecule is CC(C)(C1=N[C@H](c2ccccc2)CO1)C1=N[C@@H](c2ccccc2)CO1. The maximum Gasteiger partial charge on any atom is 0.199 e. The Hall–Kier alpha value is -2.62. The first-order valence-electron chi connectivity index (χ1n) is 8.66. The highest BCUT2D eigenvalue weighted by molar-refractivity contribution is 6.05. The molecule has 0 aliphatic carbocycles. The summed E-state index contributed by atoms with van der Waals surface area (Å²) in [6.07, 6.45) is 0. The van der Waals surface area contributed by atoms with E-state index in [1.807, 2.05) is 36.4 Å². The molecule has 0 unspecified atom stereocenters. The zero-order chi connectivity index (χ0) is 17.3. The van der Waals surface area contributed by atoms with E-state index < -0.39 is 5.41 Å². The molecule has 2 aromatic carbocycles. The quantitative estimate of drug-likeness (QED) is 0.834. The monoisotopic (exact) mass is 334 g/mol. The molecule has 0 amide bonds. The number of hydrogen-bond acceptors (Lipinski definition) is 4. The lowest BCUT2D eigenvalue weighted by atomic mass is 9.93. The fourth-order valence-electron chi connectivity index (χ4n) is 3.21. The number of nitrogens with zero attached hydrogens (tertiary/aromatic N) is 2. The molecule has 4 rings (SSSR count). The smallest absolute Gasteiger partial charge is 0.199 e. The second kappa shape index (κ2) is 6.36. The molecule has 2 aliphatic rings. The molecule has 2 heterocycles. The van der Waals surface area contributed by atoms with Crippen LogP contribution in [0.3, 0.4) is 0 Å². The highest BCUT2D eigenvalue weighted by Gasteiger charge is 2.41. The van der Waals surface area contributed by atoms with Crippen molar-refractivity contribution in [2.24, 2.45) is 15.4 Å². The lowest BCUT2D eigenvalue weighted by Crippen LogP contribution is -2.34. The van der Waals surface area contributed by atoms with E-state index in [-0.39, 0.29) is 12.1 Å². The molecule has 0 bridgehead atoms. The molecule has 2 atom stereocenters. The van der Waals surface area contributed by atoms with Crippen molar-refractivity contribution in [3.05, 3.63) is 71.8 Å². The predicted molar refractivity (Wildman–Crippen MR) is 98.9 cm³/mol. The summed E-state index contributed by atoms with van der Waals surface area (Å²) in [5.41, 5.74) is 1.88. The van der Waals surface area contributed by atoms with Gasteiger partial charge in [-0.15, -0.1) is 0 Å². The van der Waals surface area contributed by atoms with Crippen molar-refractivity contribution in [1.82, 2.24) is 0 Å². The van der Waals surface area contributed by atoms with Gasteiger partial charge in [0, 0.05) is 0 Å². The third kappa shape index (κ3) is 3.04. The molecule has 0 spiro atoms. The molecule has 4 heteroatoms. The van der Waals surface area contributed by atoms with E-state index in [4.69, 9.17) is 19.5 Å². The Bertz CT molecular complexity index is 730. The molecule has 4 nitrogen and oxygen atoms in total. The summed E-state index contributed by atoms with van der Waals surface area (Å²) in [6.45, 7) is 5.26. The van der Waals surface area contributed by atoms with E-state index in [0.29, 0.717) is 25.0 Å². The molecule has 0 saturated carbocycles. The molecule has 2 aromatic rings. The lowest BCUT2D eigenvalue weighted by Gasteiger charge is -2.22. The van der Waals surface area contributed by atoms with Gasteiger partial charge >= 0.3 is 0 Å². The van der Waals surface area contributed by atoms with Crippen molar-refractivity contribution < 1.29 is 9.47 Å². The molecule has 0 radical (unpaired) electrons. The van der Waals surface area contributed by atoms with Gasteiger partial charge in [-0.25, -0.2) is 9.98 Å². The number of hydrogen-bond donors (Lipinski definition) is 0. The average molecular weight is 334 g/mol. The largest absolute Gasteiger partial charge is 0.478 e. The average Bonchev–Trinajstić information content (AvgIpc) is 3.34. The van der Waals surface area contributed by atoms with E-state index in [1.54, 1.807) is 0 Å². The summed E-state index contributed by atoms with van der Waals surface area (Å²) >= 11 is 0. The normalized spacial score (nSPS) is 22.8. The van der Waals surface area contributed by atoms with Crippen molar-refractivity contribution in [2.75, 3.05) is 13.2 Å². The molecular weight excluding hydrogens is 312 g/mol. The molecule has 128 valence electrons. The Balaban J connectivity index is 1.56. The maximum absolute atomic E-state index is 5.93. The van der Waals surface area contributed by atoms with E-state index >= 15 is 0 Å². The fraction of sp³-hybridized carbons (Fsp3) is 0.333. The minimum Gasteiger partial charge on any atom is -0.478 e. The van der Waals surface area contributed by atoms with Crippen LogP contribution in [0.15, 0.2) is 70.6 Å². The van der Waals surface area contributed by atoms with Crippen LogP contribution >= 0.6 is 0 Å². The predicted octanol–water partition coefficient (Wildman–Crippen LogP) is 4.35. The second-order valence-electron chi connectivity index (χ2n) is 6.97. The van der Waals surface area contributed by atoms with Gasteiger partial charge in [0.2, 0.25) is 0 Å². The number of rotatable bonds is 4. The van der Waals surface area contributed by atoms with Crippen LogP contribution in [0.5, 0.6) is 0 Å². The molecule has 25 heavy (non-hydrogen) atoms. The summed E-state index contributed by atoms with van der Waals surface area (Å²) in [5.74, 6) is 1.41. The van der Waals surface area contributed by atoms with Crippen LogP contribution in [-0.2, 0) is 9.47 Å². The van der Waals surface area contributed by atoms with Gasteiger partial charge in [-0.05, 0) is 25.0 Å². The summed E-state index contributed by atoms with van der Waals surface area (Å²) in [6, 6.07) is 20.6. The number of benzene rings is 2. The van der Waals surface area contributed by atoms with Crippen molar-refractivity contribution >= 4 is 11.8 Å². The molecular formula is C21H22N2O2. The summed E-state index contributed by atoms with van der Waals surface area (Å²) < 4.78 is 11.9. The van der Waals surface area contributed by atoms with Gasteiger partial charge in [-0.3, -0.25) is 0 Å². The molecule has 2 aliphatic heterocycles. The summed E-state index contributed by atoms with van der Waals surface area (Å²) in [4.78, 5) is 9.61. The van der Waals surface area contributed by atoms with Crippen molar-refractivity contribution in [3.63, 3.8) is 0 Å². The van der Waals surface area contributed by atoms with Crippen molar-refractivity contribution in [1.29, 1.82) is 0 Å². The van der Waals surface area contributed by atoms with Crippen LogP contribution in [0.4, 0.5) is 0 Å². The van der Waals surface area contributed by atoms with Crippen LogP contribution in [0.1, 0.15) is 37.1 Å². The minimum atomic E-state index is -0.465. The standard InChI is InChI=1S/C21H22N2O2/c1-21(2,19-22-17(13-24-19)15-9-5-3-6-10-15)20-23-18(14-25-20)16-11-7-4-8-12-16/h3-12,17-18H,13-14H2,1-2H3/t17-,18+. The summed E-state index contributed by atoms with van der Waals surface area (Å²) in [7, 11) is 0. The third-order valence-corrected chi connectivity index (χ3v) is 4.74. The highest BCUT2D eigenvalue weighted by atomic mass is 16.5. The Labute approximate surface area is 148 Å². The van der Waals surface area contributed by atoms with Crippen molar-refractivity contribution in [3.8, 4) is 0 Å². The van der Waals surface area contributed by atoms with E-state index in [2.05, 4.69) is 38.1 Å². The van der Waals surface area contributed by atoms with Gasteiger partial charge in [0.1, 0.15) is 30.7 Å². The first-order chi connectivity index (χ1) is 12.1. The molecule has 0 saturated heterocycles. The Morgan fingerprint density at radius 2 is 1.12 bits per heavy atom. The first kappa shape index (κ1) is 15.9. The Morgan fingerprint density at radius 3 is 1.52 bits per heavy atom. The van der Waals surface area contributed by atoms with Gasteiger partial charge in [-0.2, -0.15) is 0 Å². The molecule has 0 N–H and O–H groups in total. The number of ether oxygens (including phenoxy) is 2. The molecule has 0 aromatic heterocycles. The third-order valence-electron chi connectivity index (χ3n) is 4.74. The van der Waals surface area contributed by atoms with E-state index in [1.165, 1.54) is 11.1 Å². The van der Waals surface area contributed by atoms with Gasteiger partial charge in [0.05, 0.1) is 0 Å². The molecule has 0 fully saturated rings. The van der Waals surface area contributed by atoms with Crippen molar-refractivity contribution in [2.45, 2.75) is 25.9 Å².